The predicted octanol–water partition coefficient (Wildman–Crippen LogP) is 0.284. The molecule has 2 rings (SSSR count). The van der Waals surface area contributed by atoms with Crippen LogP contribution in [0.2, 0.25) is 0 Å². The molecule has 0 amide bonds. The van der Waals surface area contributed by atoms with Crippen molar-refractivity contribution >= 4 is 16.0 Å². The summed E-state index contributed by atoms with van der Waals surface area (Å²) in [4.78, 5) is 11.7. The molecule has 0 aromatic rings. The van der Waals surface area contributed by atoms with Gasteiger partial charge in [0.2, 0.25) is 0 Å². The average molecular weight is 246 g/mol. The molecule has 1 saturated heterocycles. The van der Waals surface area contributed by atoms with E-state index in [0.717, 1.165) is 25.7 Å². The molecule has 2 atom stereocenters. The minimum Gasteiger partial charge on any atom is -0.299 e. The SMILES string of the molecule is CNS(=O)(=O)N1CCCC1C1CCCC1=O. The second-order valence-corrected chi connectivity index (χ2v) is 6.32. The molecule has 0 bridgehead atoms. The first-order chi connectivity index (χ1) is 7.56. The Morgan fingerprint density at radius 3 is 2.62 bits per heavy atom. The zero-order valence-corrected chi connectivity index (χ0v) is 10.3. The summed E-state index contributed by atoms with van der Waals surface area (Å²) in [5.74, 6) is 0.175. The lowest BCUT2D eigenvalue weighted by Crippen LogP contribution is -2.45. The second kappa shape index (κ2) is 4.43. The molecule has 1 heterocycles. The van der Waals surface area contributed by atoms with E-state index in [1.165, 1.54) is 11.4 Å². The lowest BCUT2D eigenvalue weighted by atomic mass is 9.96. The Morgan fingerprint density at radius 2 is 2.06 bits per heavy atom. The number of carbonyl (C=O) groups is 1. The largest absolute Gasteiger partial charge is 0.299 e. The van der Waals surface area contributed by atoms with Crippen LogP contribution in [0.5, 0.6) is 0 Å². The molecule has 0 aromatic carbocycles. The van der Waals surface area contributed by atoms with Crippen molar-refractivity contribution in [3.63, 3.8) is 0 Å². The summed E-state index contributed by atoms with van der Waals surface area (Å²) in [5.41, 5.74) is 0. The summed E-state index contributed by atoms with van der Waals surface area (Å²) in [5, 5.41) is 0. The molecule has 92 valence electrons. The zero-order chi connectivity index (χ0) is 11.8. The molecular formula is C10H18N2O3S. The van der Waals surface area contributed by atoms with E-state index in [0.29, 0.717) is 13.0 Å². The van der Waals surface area contributed by atoms with Gasteiger partial charge in [0.15, 0.2) is 0 Å². The van der Waals surface area contributed by atoms with E-state index in [-0.39, 0.29) is 17.7 Å². The second-order valence-electron chi connectivity index (χ2n) is 4.49. The summed E-state index contributed by atoms with van der Waals surface area (Å²) in [6, 6.07) is -0.104. The first-order valence-corrected chi connectivity index (χ1v) is 7.23. The molecular weight excluding hydrogens is 228 g/mol. The van der Waals surface area contributed by atoms with Crippen molar-refractivity contribution in [3.05, 3.63) is 0 Å². The van der Waals surface area contributed by atoms with E-state index in [1.54, 1.807) is 0 Å². The van der Waals surface area contributed by atoms with E-state index < -0.39 is 10.2 Å². The van der Waals surface area contributed by atoms with Crippen LogP contribution >= 0.6 is 0 Å². The number of ketones is 1. The van der Waals surface area contributed by atoms with Gasteiger partial charge in [0.05, 0.1) is 0 Å². The van der Waals surface area contributed by atoms with Crippen LogP contribution in [0.1, 0.15) is 32.1 Å². The number of hydrogen-bond donors (Lipinski definition) is 1. The minimum absolute atomic E-state index is 0.0642. The lowest BCUT2D eigenvalue weighted by molar-refractivity contribution is -0.121. The first kappa shape index (κ1) is 12.0. The molecule has 0 radical (unpaired) electrons. The van der Waals surface area contributed by atoms with E-state index >= 15 is 0 Å². The number of hydrogen-bond acceptors (Lipinski definition) is 3. The maximum absolute atomic E-state index is 11.8. The average Bonchev–Trinajstić information content (AvgIpc) is 2.85. The van der Waals surface area contributed by atoms with Crippen molar-refractivity contribution in [2.45, 2.75) is 38.1 Å². The highest BCUT2D eigenvalue weighted by atomic mass is 32.2. The van der Waals surface area contributed by atoms with Crippen LogP contribution in [-0.2, 0) is 15.0 Å². The zero-order valence-electron chi connectivity index (χ0n) is 9.48. The van der Waals surface area contributed by atoms with Crippen LogP contribution in [0.3, 0.4) is 0 Å². The molecule has 1 aliphatic heterocycles. The van der Waals surface area contributed by atoms with Gasteiger partial charge in [0, 0.05) is 32.0 Å². The molecule has 2 fully saturated rings. The Balaban J connectivity index is 2.18. The maximum atomic E-state index is 11.8. The Hall–Kier alpha value is -0.460. The molecule has 1 N–H and O–H groups in total. The van der Waals surface area contributed by atoms with E-state index in [1.807, 2.05) is 0 Å². The fourth-order valence-corrected chi connectivity index (χ4v) is 4.05. The van der Waals surface area contributed by atoms with Gasteiger partial charge in [-0.3, -0.25) is 4.79 Å². The molecule has 2 aliphatic rings. The Labute approximate surface area is 96.4 Å². The Morgan fingerprint density at radius 1 is 1.31 bits per heavy atom. The normalized spacial score (nSPS) is 32.4. The van der Waals surface area contributed by atoms with Crippen molar-refractivity contribution < 1.29 is 13.2 Å². The van der Waals surface area contributed by atoms with Crippen LogP contribution in [0, 0.1) is 5.92 Å². The van der Waals surface area contributed by atoms with Gasteiger partial charge in [-0.15, -0.1) is 0 Å². The maximum Gasteiger partial charge on any atom is 0.279 e. The monoisotopic (exact) mass is 246 g/mol. The van der Waals surface area contributed by atoms with Crippen LogP contribution < -0.4 is 4.72 Å². The molecule has 0 aromatic heterocycles. The van der Waals surface area contributed by atoms with Gasteiger partial charge >= 0.3 is 0 Å². The summed E-state index contributed by atoms with van der Waals surface area (Å²) >= 11 is 0. The van der Waals surface area contributed by atoms with Crippen LogP contribution in [0.25, 0.3) is 0 Å². The molecule has 2 unspecified atom stereocenters. The molecule has 1 saturated carbocycles. The molecule has 6 heteroatoms. The molecule has 0 spiro atoms. The van der Waals surface area contributed by atoms with Gasteiger partial charge in [-0.25, -0.2) is 4.72 Å². The van der Waals surface area contributed by atoms with Gasteiger partial charge < -0.3 is 0 Å². The third-order valence-electron chi connectivity index (χ3n) is 3.63. The smallest absolute Gasteiger partial charge is 0.279 e. The van der Waals surface area contributed by atoms with Crippen LogP contribution in [0.15, 0.2) is 0 Å². The molecule has 16 heavy (non-hydrogen) atoms. The summed E-state index contributed by atoms with van der Waals surface area (Å²) < 4.78 is 27.4. The highest BCUT2D eigenvalue weighted by molar-refractivity contribution is 7.87. The topological polar surface area (TPSA) is 66.5 Å². The van der Waals surface area contributed by atoms with Gasteiger partial charge in [0.1, 0.15) is 5.78 Å². The fraction of sp³-hybridized carbons (Fsp3) is 0.900. The fourth-order valence-electron chi connectivity index (χ4n) is 2.83. The summed E-state index contributed by atoms with van der Waals surface area (Å²) in [6.07, 6.45) is 4.05. The third-order valence-corrected chi connectivity index (χ3v) is 5.22. The van der Waals surface area contributed by atoms with Gasteiger partial charge in [-0.1, -0.05) is 0 Å². The highest BCUT2D eigenvalue weighted by Crippen LogP contribution is 2.34. The number of nitrogens with zero attached hydrogens (tertiary/aromatic N) is 1. The van der Waals surface area contributed by atoms with Gasteiger partial charge in [-0.05, 0) is 25.7 Å². The number of rotatable bonds is 3. The third kappa shape index (κ3) is 2.01. The number of Topliss-reactive ketones (excluding diaryl/α,β-unsaturated/α-hetero) is 1. The first-order valence-electron chi connectivity index (χ1n) is 5.79. The quantitative estimate of drug-likeness (QED) is 0.778. The van der Waals surface area contributed by atoms with E-state index in [9.17, 15) is 13.2 Å². The molecule has 5 nitrogen and oxygen atoms in total. The van der Waals surface area contributed by atoms with Crippen LogP contribution in [-0.4, -0.2) is 38.1 Å². The van der Waals surface area contributed by atoms with Crippen LogP contribution in [0.4, 0.5) is 0 Å². The van der Waals surface area contributed by atoms with Crippen molar-refractivity contribution in [1.29, 1.82) is 0 Å². The van der Waals surface area contributed by atoms with E-state index in [4.69, 9.17) is 0 Å². The van der Waals surface area contributed by atoms with Crippen molar-refractivity contribution in [1.82, 2.24) is 9.03 Å². The van der Waals surface area contributed by atoms with Crippen molar-refractivity contribution in [2.75, 3.05) is 13.6 Å². The summed E-state index contributed by atoms with van der Waals surface area (Å²) in [7, 11) is -1.96. The standard InChI is InChI=1S/C10H18N2O3S/c1-11-16(14,15)12-7-3-5-9(12)8-4-2-6-10(8)13/h8-9,11H,2-7H2,1H3. The predicted molar refractivity (Wildman–Crippen MR) is 60.1 cm³/mol. The van der Waals surface area contributed by atoms with Gasteiger partial charge in [-0.2, -0.15) is 12.7 Å². The summed E-state index contributed by atoms with van der Waals surface area (Å²) in [6.45, 7) is 0.539. The molecule has 1 aliphatic carbocycles. The highest BCUT2D eigenvalue weighted by Gasteiger charge is 2.42. The number of carbonyl (C=O) groups excluding carboxylic acids is 1. The minimum atomic E-state index is -3.38. The Bertz CT molecular complexity index is 380. The number of nitrogens with one attached hydrogen (secondary N) is 1. The van der Waals surface area contributed by atoms with E-state index in [2.05, 4.69) is 4.72 Å². The Kier molecular flexibility index (Phi) is 3.32. The van der Waals surface area contributed by atoms with Gasteiger partial charge in [0.25, 0.3) is 10.2 Å². The van der Waals surface area contributed by atoms with Crippen molar-refractivity contribution in [2.24, 2.45) is 5.92 Å². The lowest BCUT2D eigenvalue weighted by Gasteiger charge is -2.27. The van der Waals surface area contributed by atoms with Crippen molar-refractivity contribution in [3.8, 4) is 0 Å².